The maximum atomic E-state index is 5.33. The molecule has 1 N–H and O–H groups in total. The predicted molar refractivity (Wildman–Crippen MR) is 46.7 cm³/mol. The van der Waals surface area contributed by atoms with Gasteiger partial charge in [-0.25, -0.2) is 0 Å². The second kappa shape index (κ2) is 4.73. The first-order valence-electron chi connectivity index (χ1n) is 4.63. The normalized spacial score (nSPS) is 32.2. The molecule has 2 nitrogen and oxygen atoms in total. The van der Waals surface area contributed by atoms with Crippen LogP contribution in [0.15, 0.2) is 0 Å². The molecular weight excluding hydrogens is 138 g/mol. The van der Waals surface area contributed by atoms with Crippen molar-refractivity contribution in [1.82, 2.24) is 5.32 Å². The van der Waals surface area contributed by atoms with Crippen LogP contribution in [0.2, 0.25) is 0 Å². The van der Waals surface area contributed by atoms with Crippen LogP contribution in [0.4, 0.5) is 0 Å². The molecule has 1 fully saturated rings. The Labute approximate surface area is 69.3 Å². The van der Waals surface area contributed by atoms with Gasteiger partial charge in [0.25, 0.3) is 0 Å². The molecule has 2 unspecified atom stereocenters. The molecule has 1 aliphatic heterocycles. The monoisotopic (exact) mass is 157 g/mol. The van der Waals surface area contributed by atoms with Crippen molar-refractivity contribution in [2.24, 2.45) is 0 Å². The summed E-state index contributed by atoms with van der Waals surface area (Å²) in [5.74, 6) is 0. The zero-order valence-corrected chi connectivity index (χ0v) is 7.60. The van der Waals surface area contributed by atoms with Crippen LogP contribution in [0.25, 0.3) is 0 Å². The topological polar surface area (TPSA) is 21.3 Å². The third-order valence-corrected chi connectivity index (χ3v) is 2.42. The summed E-state index contributed by atoms with van der Waals surface area (Å²) in [6.07, 6.45) is 5.45. The van der Waals surface area contributed by atoms with Gasteiger partial charge in [0.1, 0.15) is 0 Å². The summed E-state index contributed by atoms with van der Waals surface area (Å²) in [7, 11) is 1.82. The minimum absolute atomic E-state index is 0.507. The number of methoxy groups -OCH3 is 1. The molecule has 1 saturated heterocycles. The Morgan fingerprint density at radius 3 is 3.00 bits per heavy atom. The van der Waals surface area contributed by atoms with E-state index in [9.17, 15) is 0 Å². The zero-order valence-electron chi connectivity index (χ0n) is 7.60. The molecule has 0 bridgehead atoms. The molecule has 1 rings (SSSR count). The lowest BCUT2D eigenvalue weighted by Gasteiger charge is -2.29. The van der Waals surface area contributed by atoms with Crippen LogP contribution in [0.5, 0.6) is 0 Å². The molecular formula is C9H19NO. The molecule has 2 heteroatoms. The highest BCUT2D eigenvalue weighted by Gasteiger charge is 2.19. The molecule has 0 amide bonds. The van der Waals surface area contributed by atoms with E-state index >= 15 is 0 Å². The Balaban J connectivity index is 2.21. The molecule has 2 atom stereocenters. The van der Waals surface area contributed by atoms with Crippen molar-refractivity contribution in [2.45, 2.75) is 44.8 Å². The third kappa shape index (κ3) is 2.80. The van der Waals surface area contributed by atoms with Crippen LogP contribution < -0.4 is 5.32 Å². The summed E-state index contributed by atoms with van der Waals surface area (Å²) >= 11 is 0. The Morgan fingerprint density at radius 1 is 1.55 bits per heavy atom. The minimum atomic E-state index is 0.507. The van der Waals surface area contributed by atoms with Gasteiger partial charge in [-0.05, 0) is 25.8 Å². The Hall–Kier alpha value is -0.0800. The number of hydrogen-bond donors (Lipinski definition) is 1. The molecule has 66 valence electrons. The van der Waals surface area contributed by atoms with E-state index in [1.807, 2.05) is 7.11 Å². The van der Waals surface area contributed by atoms with Crippen molar-refractivity contribution in [2.75, 3.05) is 13.7 Å². The second-order valence-electron chi connectivity index (χ2n) is 3.32. The Morgan fingerprint density at radius 2 is 2.36 bits per heavy atom. The van der Waals surface area contributed by atoms with Gasteiger partial charge in [0.2, 0.25) is 0 Å². The van der Waals surface area contributed by atoms with E-state index in [1.54, 1.807) is 0 Å². The SMILES string of the molecule is CCCC1CC(OC)CCN1. The molecule has 11 heavy (non-hydrogen) atoms. The van der Waals surface area contributed by atoms with Gasteiger partial charge in [0.05, 0.1) is 6.10 Å². The molecule has 0 spiro atoms. The van der Waals surface area contributed by atoms with Crippen LogP contribution in [0.3, 0.4) is 0 Å². The summed E-state index contributed by atoms with van der Waals surface area (Å²) in [5.41, 5.74) is 0. The molecule has 0 aromatic carbocycles. The lowest BCUT2D eigenvalue weighted by atomic mass is 9.98. The standard InChI is InChI=1S/C9H19NO/c1-3-4-8-7-9(11-2)5-6-10-8/h8-10H,3-7H2,1-2H3. The zero-order chi connectivity index (χ0) is 8.10. The Bertz CT molecular complexity index is 104. The average Bonchev–Trinajstić information content (AvgIpc) is 2.06. The van der Waals surface area contributed by atoms with Gasteiger partial charge in [0.15, 0.2) is 0 Å². The van der Waals surface area contributed by atoms with Crippen molar-refractivity contribution in [3.63, 3.8) is 0 Å². The van der Waals surface area contributed by atoms with Crippen molar-refractivity contribution in [1.29, 1.82) is 0 Å². The lowest BCUT2D eigenvalue weighted by Crippen LogP contribution is -2.40. The first-order valence-corrected chi connectivity index (χ1v) is 4.63. The molecule has 0 radical (unpaired) electrons. The largest absolute Gasteiger partial charge is 0.381 e. The van der Waals surface area contributed by atoms with Gasteiger partial charge < -0.3 is 10.1 Å². The van der Waals surface area contributed by atoms with Crippen LogP contribution in [-0.2, 0) is 4.74 Å². The number of piperidine rings is 1. The summed E-state index contributed by atoms with van der Waals surface area (Å²) in [6.45, 7) is 3.36. The van der Waals surface area contributed by atoms with Crippen molar-refractivity contribution in [3.05, 3.63) is 0 Å². The predicted octanol–water partition coefficient (Wildman–Crippen LogP) is 1.55. The number of nitrogens with one attached hydrogen (secondary N) is 1. The third-order valence-electron chi connectivity index (χ3n) is 2.42. The minimum Gasteiger partial charge on any atom is -0.381 e. The maximum absolute atomic E-state index is 5.33. The number of hydrogen-bond acceptors (Lipinski definition) is 2. The highest BCUT2D eigenvalue weighted by Crippen LogP contribution is 2.14. The molecule has 0 saturated carbocycles. The second-order valence-corrected chi connectivity index (χ2v) is 3.32. The maximum Gasteiger partial charge on any atom is 0.0598 e. The highest BCUT2D eigenvalue weighted by atomic mass is 16.5. The first-order chi connectivity index (χ1) is 5.36. The molecule has 1 aliphatic rings. The van der Waals surface area contributed by atoms with Crippen LogP contribution >= 0.6 is 0 Å². The highest BCUT2D eigenvalue weighted by molar-refractivity contribution is 4.77. The molecule has 0 aromatic heterocycles. The number of ether oxygens (including phenoxy) is 1. The van der Waals surface area contributed by atoms with Crippen LogP contribution in [-0.4, -0.2) is 25.8 Å². The fraction of sp³-hybridized carbons (Fsp3) is 1.00. The smallest absolute Gasteiger partial charge is 0.0598 e. The summed E-state index contributed by atoms with van der Waals surface area (Å²) in [6, 6.07) is 0.707. The van der Waals surface area contributed by atoms with Crippen LogP contribution in [0, 0.1) is 0 Å². The van der Waals surface area contributed by atoms with Crippen molar-refractivity contribution in [3.8, 4) is 0 Å². The lowest BCUT2D eigenvalue weighted by molar-refractivity contribution is 0.0607. The number of rotatable bonds is 3. The first kappa shape index (κ1) is 9.01. The van der Waals surface area contributed by atoms with Gasteiger partial charge in [-0.3, -0.25) is 0 Å². The summed E-state index contributed by atoms with van der Waals surface area (Å²) in [5, 5.41) is 3.50. The van der Waals surface area contributed by atoms with E-state index in [0.29, 0.717) is 12.1 Å². The van der Waals surface area contributed by atoms with Gasteiger partial charge >= 0.3 is 0 Å². The Kier molecular flexibility index (Phi) is 3.87. The van der Waals surface area contributed by atoms with E-state index < -0.39 is 0 Å². The van der Waals surface area contributed by atoms with Gasteiger partial charge in [0, 0.05) is 13.2 Å². The van der Waals surface area contributed by atoms with E-state index in [2.05, 4.69) is 12.2 Å². The molecule has 1 heterocycles. The summed E-state index contributed by atoms with van der Waals surface area (Å²) < 4.78 is 5.33. The van der Waals surface area contributed by atoms with E-state index in [4.69, 9.17) is 4.74 Å². The van der Waals surface area contributed by atoms with Gasteiger partial charge in [-0.1, -0.05) is 13.3 Å². The molecule has 0 aromatic rings. The van der Waals surface area contributed by atoms with E-state index in [1.165, 1.54) is 25.7 Å². The van der Waals surface area contributed by atoms with Crippen molar-refractivity contribution < 1.29 is 4.74 Å². The van der Waals surface area contributed by atoms with Gasteiger partial charge in [-0.15, -0.1) is 0 Å². The summed E-state index contributed by atoms with van der Waals surface area (Å²) in [4.78, 5) is 0. The quantitative estimate of drug-likeness (QED) is 0.671. The van der Waals surface area contributed by atoms with Gasteiger partial charge in [-0.2, -0.15) is 0 Å². The molecule has 0 aliphatic carbocycles. The van der Waals surface area contributed by atoms with E-state index in [-0.39, 0.29) is 0 Å². The fourth-order valence-corrected chi connectivity index (χ4v) is 1.75. The van der Waals surface area contributed by atoms with Crippen LogP contribution in [0.1, 0.15) is 32.6 Å². The fourth-order valence-electron chi connectivity index (χ4n) is 1.75. The average molecular weight is 157 g/mol. The van der Waals surface area contributed by atoms with E-state index in [0.717, 1.165) is 6.54 Å². The van der Waals surface area contributed by atoms with Crippen molar-refractivity contribution >= 4 is 0 Å².